The highest BCUT2D eigenvalue weighted by Gasteiger charge is 2.14. The number of nitrogens with one attached hydrogen (secondary N) is 1. The molecule has 1 aromatic rings. The minimum atomic E-state index is -0.473. The van der Waals surface area contributed by atoms with E-state index in [0.29, 0.717) is 0 Å². The third-order valence-corrected chi connectivity index (χ3v) is 2.67. The van der Waals surface area contributed by atoms with Gasteiger partial charge >= 0.3 is 0 Å². The predicted molar refractivity (Wildman–Crippen MR) is 69.9 cm³/mol. The zero-order valence-corrected chi connectivity index (χ0v) is 10.9. The van der Waals surface area contributed by atoms with Gasteiger partial charge < -0.3 is 10.2 Å². The number of nitrogens with zero attached hydrogens (tertiary/aromatic N) is 2. The molecule has 0 aliphatic carbocycles. The number of rotatable bonds is 5. The van der Waals surface area contributed by atoms with Crippen LogP contribution in [0.3, 0.4) is 0 Å². The van der Waals surface area contributed by atoms with Gasteiger partial charge in [-0.2, -0.15) is 0 Å². The Balaban J connectivity index is 2.81. The fourth-order valence-electron chi connectivity index (χ4n) is 1.41. The molecule has 1 rings (SSSR count). The van der Waals surface area contributed by atoms with E-state index in [1.54, 1.807) is 6.07 Å². The van der Waals surface area contributed by atoms with Crippen LogP contribution in [0.2, 0.25) is 5.02 Å². The van der Waals surface area contributed by atoms with Gasteiger partial charge in [0.1, 0.15) is 5.02 Å². The Bertz CT molecular complexity index is 421. The van der Waals surface area contributed by atoms with Gasteiger partial charge in [0.05, 0.1) is 4.92 Å². The van der Waals surface area contributed by atoms with Crippen molar-refractivity contribution in [2.75, 3.05) is 32.5 Å². The molecule has 0 bridgehead atoms. The topological polar surface area (TPSA) is 58.4 Å². The van der Waals surface area contributed by atoms with Crippen LogP contribution in [0.15, 0.2) is 12.1 Å². The van der Waals surface area contributed by atoms with E-state index in [9.17, 15) is 10.1 Å². The zero-order chi connectivity index (χ0) is 13.0. The van der Waals surface area contributed by atoms with Crippen molar-refractivity contribution in [2.24, 2.45) is 0 Å². The van der Waals surface area contributed by atoms with Crippen LogP contribution in [0.1, 0.15) is 5.56 Å². The van der Waals surface area contributed by atoms with Crippen molar-refractivity contribution in [1.29, 1.82) is 0 Å². The number of anilines is 1. The molecular weight excluding hydrogens is 242 g/mol. The molecule has 0 aromatic heterocycles. The second-order valence-electron chi connectivity index (χ2n) is 4.11. The maximum atomic E-state index is 10.7. The molecule has 17 heavy (non-hydrogen) atoms. The van der Waals surface area contributed by atoms with Crippen LogP contribution in [0.4, 0.5) is 11.4 Å². The highest BCUT2D eigenvalue weighted by molar-refractivity contribution is 6.33. The normalized spacial score (nSPS) is 10.6. The first-order valence-electron chi connectivity index (χ1n) is 5.25. The van der Waals surface area contributed by atoms with Crippen molar-refractivity contribution in [1.82, 2.24) is 4.90 Å². The van der Waals surface area contributed by atoms with E-state index in [-0.39, 0.29) is 10.7 Å². The smallest absolute Gasteiger partial charge is 0.288 e. The molecule has 1 aromatic carbocycles. The average molecular weight is 258 g/mol. The molecule has 0 saturated carbocycles. The highest BCUT2D eigenvalue weighted by atomic mass is 35.5. The lowest BCUT2D eigenvalue weighted by atomic mass is 10.2. The van der Waals surface area contributed by atoms with Gasteiger partial charge in [0, 0.05) is 24.8 Å². The summed E-state index contributed by atoms with van der Waals surface area (Å²) in [6, 6.07) is 3.09. The lowest BCUT2D eigenvalue weighted by Crippen LogP contribution is -2.21. The number of halogens is 1. The predicted octanol–water partition coefficient (Wildman–Crippen LogP) is 2.53. The molecule has 94 valence electrons. The molecule has 0 amide bonds. The number of aryl methyl sites for hydroxylation is 1. The Kier molecular flexibility index (Phi) is 4.72. The van der Waals surface area contributed by atoms with Crippen molar-refractivity contribution in [3.8, 4) is 0 Å². The van der Waals surface area contributed by atoms with Crippen LogP contribution in [0.5, 0.6) is 0 Å². The van der Waals surface area contributed by atoms with E-state index in [1.165, 1.54) is 6.07 Å². The molecule has 0 heterocycles. The number of benzene rings is 1. The maximum Gasteiger partial charge on any atom is 0.288 e. The van der Waals surface area contributed by atoms with Gasteiger partial charge in [0.15, 0.2) is 0 Å². The highest BCUT2D eigenvalue weighted by Crippen LogP contribution is 2.30. The third-order valence-electron chi connectivity index (χ3n) is 2.36. The van der Waals surface area contributed by atoms with E-state index in [0.717, 1.165) is 24.3 Å². The summed E-state index contributed by atoms with van der Waals surface area (Å²) in [5.74, 6) is 0. The quantitative estimate of drug-likeness (QED) is 0.651. The van der Waals surface area contributed by atoms with Crippen molar-refractivity contribution < 1.29 is 4.92 Å². The van der Waals surface area contributed by atoms with Gasteiger partial charge in [0.2, 0.25) is 0 Å². The molecule has 1 N–H and O–H groups in total. The average Bonchev–Trinajstić information content (AvgIpc) is 2.21. The van der Waals surface area contributed by atoms with Crippen LogP contribution < -0.4 is 5.32 Å². The molecule has 5 nitrogen and oxygen atoms in total. The molecule has 0 unspecified atom stereocenters. The SMILES string of the molecule is Cc1cc([N+](=O)[O-])c(Cl)cc1NCCN(C)C. The molecule has 0 radical (unpaired) electrons. The first-order valence-corrected chi connectivity index (χ1v) is 5.62. The summed E-state index contributed by atoms with van der Waals surface area (Å²) >= 11 is 5.85. The van der Waals surface area contributed by atoms with Crippen LogP contribution in [0, 0.1) is 17.0 Å². The molecule has 0 atom stereocenters. The van der Waals surface area contributed by atoms with E-state index in [1.807, 2.05) is 21.0 Å². The van der Waals surface area contributed by atoms with Gasteiger partial charge in [-0.3, -0.25) is 10.1 Å². The molecule has 0 spiro atoms. The molecule has 0 aliphatic rings. The largest absolute Gasteiger partial charge is 0.383 e. The number of nitro benzene ring substituents is 1. The summed E-state index contributed by atoms with van der Waals surface area (Å²) < 4.78 is 0. The van der Waals surface area contributed by atoms with Crippen molar-refractivity contribution >= 4 is 23.0 Å². The van der Waals surface area contributed by atoms with Crippen LogP contribution in [-0.2, 0) is 0 Å². The zero-order valence-electron chi connectivity index (χ0n) is 10.2. The first kappa shape index (κ1) is 13.7. The Labute approximate surface area is 106 Å². The summed E-state index contributed by atoms with van der Waals surface area (Å²) in [6.07, 6.45) is 0. The monoisotopic (exact) mass is 257 g/mol. The van der Waals surface area contributed by atoms with Gasteiger partial charge in [-0.1, -0.05) is 11.6 Å². The molecule has 0 saturated heterocycles. The van der Waals surface area contributed by atoms with Gasteiger partial charge in [0.25, 0.3) is 5.69 Å². The molecular formula is C11H16ClN3O2. The van der Waals surface area contributed by atoms with Crippen LogP contribution in [-0.4, -0.2) is 37.0 Å². The standard InChI is InChI=1S/C11H16ClN3O2/c1-8-6-11(15(16)17)9(12)7-10(8)13-4-5-14(2)3/h6-7,13H,4-5H2,1-3H3. The number of hydrogen-bond donors (Lipinski definition) is 1. The van der Waals surface area contributed by atoms with Crippen molar-refractivity contribution in [3.05, 3.63) is 32.8 Å². The Morgan fingerprint density at radius 1 is 1.47 bits per heavy atom. The van der Waals surface area contributed by atoms with Gasteiger partial charge in [-0.25, -0.2) is 0 Å². The summed E-state index contributed by atoms with van der Waals surface area (Å²) in [6.45, 7) is 3.47. The Morgan fingerprint density at radius 3 is 2.65 bits per heavy atom. The number of likely N-dealkylation sites (N-methyl/N-ethyl adjacent to an activating group) is 1. The maximum absolute atomic E-state index is 10.7. The minimum Gasteiger partial charge on any atom is -0.383 e. The van der Waals surface area contributed by atoms with Crippen molar-refractivity contribution in [3.63, 3.8) is 0 Å². The third kappa shape index (κ3) is 3.87. The summed E-state index contributed by atoms with van der Waals surface area (Å²) in [5.41, 5.74) is 1.60. The van der Waals surface area contributed by atoms with E-state index < -0.39 is 4.92 Å². The fraction of sp³-hybridized carbons (Fsp3) is 0.455. The summed E-state index contributed by atoms with van der Waals surface area (Å²) in [4.78, 5) is 12.3. The lowest BCUT2D eigenvalue weighted by molar-refractivity contribution is -0.384. The Morgan fingerprint density at radius 2 is 2.12 bits per heavy atom. The Hall–Kier alpha value is -1.33. The number of hydrogen-bond acceptors (Lipinski definition) is 4. The van der Waals surface area contributed by atoms with E-state index >= 15 is 0 Å². The second-order valence-corrected chi connectivity index (χ2v) is 4.51. The minimum absolute atomic E-state index is 0.0534. The van der Waals surface area contributed by atoms with Gasteiger partial charge in [-0.05, 0) is 32.6 Å². The van der Waals surface area contributed by atoms with E-state index in [2.05, 4.69) is 10.2 Å². The fourth-order valence-corrected chi connectivity index (χ4v) is 1.64. The molecule has 0 fully saturated rings. The van der Waals surface area contributed by atoms with Crippen LogP contribution >= 0.6 is 11.6 Å². The molecule has 6 heteroatoms. The van der Waals surface area contributed by atoms with E-state index in [4.69, 9.17) is 11.6 Å². The van der Waals surface area contributed by atoms with Gasteiger partial charge in [-0.15, -0.1) is 0 Å². The molecule has 0 aliphatic heterocycles. The summed E-state index contributed by atoms with van der Waals surface area (Å²) in [7, 11) is 3.97. The number of nitro groups is 1. The first-order chi connectivity index (χ1) is 7.91. The van der Waals surface area contributed by atoms with Crippen molar-refractivity contribution in [2.45, 2.75) is 6.92 Å². The summed E-state index contributed by atoms with van der Waals surface area (Å²) in [5, 5.41) is 14.0. The second kappa shape index (κ2) is 5.84. The lowest BCUT2D eigenvalue weighted by Gasteiger charge is -2.13. The van der Waals surface area contributed by atoms with Crippen LogP contribution in [0.25, 0.3) is 0 Å².